The normalized spacial score (nSPS) is 11.7. The van der Waals surface area contributed by atoms with Crippen LogP contribution in [0.2, 0.25) is 0 Å². The summed E-state index contributed by atoms with van der Waals surface area (Å²) in [6.45, 7) is 0. The van der Waals surface area contributed by atoms with E-state index < -0.39 is 0 Å². The van der Waals surface area contributed by atoms with Crippen molar-refractivity contribution in [3.63, 3.8) is 0 Å². The zero-order valence-corrected chi connectivity index (χ0v) is 35.9. The molecule has 11 aromatic carbocycles. The fraction of sp³-hybridized carbons (Fsp3) is 0. The molecule has 13 rings (SSSR count). The van der Waals surface area contributed by atoms with Gasteiger partial charge in [0.25, 0.3) is 0 Å². The molecule has 0 fully saturated rings. The third-order valence-corrected chi connectivity index (χ3v) is 14.2. The molecular formula is C61H37N3S. The van der Waals surface area contributed by atoms with Crippen molar-refractivity contribution in [2.45, 2.75) is 0 Å². The van der Waals surface area contributed by atoms with Crippen LogP contribution in [0.15, 0.2) is 224 Å². The first-order chi connectivity index (χ1) is 32.3. The monoisotopic (exact) mass is 843 g/mol. The molecule has 302 valence electrons. The van der Waals surface area contributed by atoms with E-state index in [4.69, 9.17) is 15.0 Å². The van der Waals surface area contributed by atoms with Crippen LogP contribution in [0.1, 0.15) is 0 Å². The molecule has 65 heavy (non-hydrogen) atoms. The molecule has 3 nitrogen and oxygen atoms in total. The summed E-state index contributed by atoms with van der Waals surface area (Å²) < 4.78 is 2.41. The molecule has 2 heterocycles. The van der Waals surface area contributed by atoms with Crippen LogP contribution in [0.5, 0.6) is 0 Å². The summed E-state index contributed by atoms with van der Waals surface area (Å²) in [5.74, 6) is 1.92. The Bertz CT molecular complexity index is 3960. The van der Waals surface area contributed by atoms with E-state index in [9.17, 15) is 0 Å². The molecule has 0 amide bonds. The number of hydrogen-bond acceptors (Lipinski definition) is 4. The van der Waals surface area contributed by atoms with Crippen LogP contribution < -0.4 is 0 Å². The smallest absolute Gasteiger partial charge is 0.165 e. The van der Waals surface area contributed by atoms with Gasteiger partial charge in [0.05, 0.1) is 0 Å². The maximum atomic E-state index is 5.43. The Morgan fingerprint density at radius 1 is 0.246 bits per heavy atom. The van der Waals surface area contributed by atoms with Crippen LogP contribution in [0, 0.1) is 0 Å². The Labute approximate surface area is 379 Å². The molecule has 0 spiro atoms. The molecule has 4 heteroatoms. The van der Waals surface area contributed by atoms with Gasteiger partial charge in [-0.2, -0.15) is 0 Å². The highest BCUT2D eigenvalue weighted by Crippen LogP contribution is 2.48. The lowest BCUT2D eigenvalue weighted by Gasteiger charge is -2.20. The summed E-state index contributed by atoms with van der Waals surface area (Å²) in [4.78, 5) is 16.2. The maximum Gasteiger partial charge on any atom is 0.165 e. The van der Waals surface area contributed by atoms with Gasteiger partial charge in [0.15, 0.2) is 17.5 Å². The molecule has 0 saturated carbocycles. The third-order valence-electron chi connectivity index (χ3n) is 13.0. The van der Waals surface area contributed by atoms with Gasteiger partial charge >= 0.3 is 0 Å². The van der Waals surface area contributed by atoms with Gasteiger partial charge in [-0.15, -0.1) is 11.3 Å². The van der Waals surface area contributed by atoms with Gasteiger partial charge in [-0.25, -0.2) is 15.0 Å². The first kappa shape index (κ1) is 37.3. The van der Waals surface area contributed by atoms with Crippen molar-refractivity contribution in [3.8, 4) is 67.5 Å². The maximum absolute atomic E-state index is 5.43. The van der Waals surface area contributed by atoms with Crippen LogP contribution in [0.3, 0.4) is 0 Å². The highest BCUT2D eigenvalue weighted by molar-refractivity contribution is 7.26. The summed E-state index contributed by atoms with van der Waals surface area (Å²) >= 11 is 1.79. The van der Waals surface area contributed by atoms with Crippen LogP contribution in [0.4, 0.5) is 0 Å². The fourth-order valence-corrected chi connectivity index (χ4v) is 11.3. The largest absolute Gasteiger partial charge is 0.208 e. The molecule has 0 radical (unpaired) electrons. The average molecular weight is 844 g/mol. The van der Waals surface area contributed by atoms with Gasteiger partial charge in [-0.3, -0.25) is 0 Å². The number of nitrogens with zero attached hydrogens (tertiary/aromatic N) is 3. The first-order valence-electron chi connectivity index (χ1n) is 22.0. The highest BCUT2D eigenvalue weighted by atomic mass is 32.1. The van der Waals surface area contributed by atoms with Gasteiger partial charge in [0.1, 0.15) is 0 Å². The quantitative estimate of drug-likeness (QED) is 0.157. The molecule has 13 aromatic rings. The van der Waals surface area contributed by atoms with Gasteiger partial charge in [0, 0.05) is 36.9 Å². The van der Waals surface area contributed by atoms with E-state index in [0.717, 1.165) is 38.6 Å². The Hall–Kier alpha value is -8.31. The number of thiophene rings is 1. The number of hydrogen-bond donors (Lipinski definition) is 0. The summed E-state index contributed by atoms with van der Waals surface area (Å²) in [5.41, 5.74) is 9.97. The standard InChI is InChI=1S/C61H37N3S/c1-2-18-38(19-3-1)41-23-6-13-31-52(41)59-62-60(64-61(63-59)54-34-17-33-51-44-26-14-15-35-55(44)65-58(51)54)53-37-36-50(42-24-7-8-25-43(42)53)57-48-29-11-9-27-46(48)56(47-28-10-12-30-49(47)57)45-32-16-21-39-20-4-5-22-40(39)45/h1-37H. The van der Waals surface area contributed by atoms with E-state index in [0.29, 0.717) is 17.5 Å². The molecule has 0 N–H and O–H groups in total. The minimum Gasteiger partial charge on any atom is -0.208 e. The Morgan fingerprint density at radius 3 is 1.35 bits per heavy atom. The minimum atomic E-state index is 0.634. The van der Waals surface area contributed by atoms with Gasteiger partial charge in [0.2, 0.25) is 0 Å². The van der Waals surface area contributed by atoms with E-state index >= 15 is 0 Å². The predicted molar refractivity (Wildman–Crippen MR) is 275 cm³/mol. The predicted octanol–water partition coefficient (Wildman–Crippen LogP) is 16.9. The third kappa shape index (κ3) is 6.07. The molecule has 0 aliphatic heterocycles. The summed E-state index contributed by atoms with van der Waals surface area (Å²) in [5, 5.41) is 12.0. The zero-order valence-electron chi connectivity index (χ0n) is 35.1. The zero-order chi connectivity index (χ0) is 42.8. The summed E-state index contributed by atoms with van der Waals surface area (Å²) in [6.07, 6.45) is 0. The van der Waals surface area contributed by atoms with Crippen molar-refractivity contribution in [2.75, 3.05) is 0 Å². The lowest BCUT2D eigenvalue weighted by atomic mass is 9.83. The van der Waals surface area contributed by atoms with E-state index in [1.807, 2.05) is 0 Å². The van der Waals surface area contributed by atoms with Gasteiger partial charge in [-0.1, -0.05) is 206 Å². The Morgan fingerprint density at radius 2 is 0.662 bits per heavy atom. The first-order valence-corrected chi connectivity index (χ1v) is 22.8. The van der Waals surface area contributed by atoms with Crippen LogP contribution in [-0.2, 0) is 0 Å². The lowest BCUT2D eigenvalue weighted by molar-refractivity contribution is 1.08. The second-order valence-corrected chi connectivity index (χ2v) is 17.6. The van der Waals surface area contributed by atoms with Crippen molar-refractivity contribution in [2.24, 2.45) is 0 Å². The second kappa shape index (κ2) is 15.2. The fourth-order valence-electron chi connectivity index (χ4n) is 10.1. The van der Waals surface area contributed by atoms with E-state index in [-0.39, 0.29) is 0 Å². The Kier molecular flexibility index (Phi) is 8.71. The van der Waals surface area contributed by atoms with Crippen LogP contribution >= 0.6 is 11.3 Å². The molecule has 0 atom stereocenters. The van der Waals surface area contributed by atoms with Crippen LogP contribution in [-0.4, -0.2) is 15.0 Å². The average Bonchev–Trinajstić information content (AvgIpc) is 3.77. The van der Waals surface area contributed by atoms with Crippen molar-refractivity contribution in [1.29, 1.82) is 0 Å². The topological polar surface area (TPSA) is 38.7 Å². The van der Waals surface area contributed by atoms with Crippen molar-refractivity contribution >= 4 is 74.6 Å². The van der Waals surface area contributed by atoms with Crippen molar-refractivity contribution in [1.82, 2.24) is 15.0 Å². The van der Waals surface area contributed by atoms with Crippen molar-refractivity contribution in [3.05, 3.63) is 224 Å². The Balaban J connectivity index is 1.07. The van der Waals surface area contributed by atoms with Gasteiger partial charge in [-0.05, 0) is 94.7 Å². The number of fused-ring (bicyclic) bond motifs is 7. The van der Waals surface area contributed by atoms with E-state index in [1.54, 1.807) is 11.3 Å². The van der Waals surface area contributed by atoms with E-state index in [2.05, 4.69) is 224 Å². The molecule has 0 unspecified atom stereocenters. The molecule has 0 bridgehead atoms. The minimum absolute atomic E-state index is 0.634. The molecule has 2 aromatic heterocycles. The van der Waals surface area contributed by atoms with E-state index in [1.165, 1.54) is 74.7 Å². The summed E-state index contributed by atoms with van der Waals surface area (Å²) in [6, 6.07) is 80.5. The number of benzene rings is 11. The molecular weight excluding hydrogens is 807 g/mol. The molecule has 0 aliphatic rings. The SMILES string of the molecule is c1ccc(-c2ccccc2-c2nc(-c3ccc(-c4c5ccccc5c(-c5cccc6ccccc56)c5ccccc45)c4ccccc34)nc(-c3cccc4c3sc3ccccc34)n2)cc1. The summed E-state index contributed by atoms with van der Waals surface area (Å²) in [7, 11) is 0. The van der Waals surface area contributed by atoms with Crippen LogP contribution in [0.25, 0.3) is 131 Å². The number of rotatable bonds is 6. The molecule has 0 saturated heterocycles. The number of aromatic nitrogens is 3. The highest BCUT2D eigenvalue weighted by Gasteiger charge is 2.23. The lowest BCUT2D eigenvalue weighted by Crippen LogP contribution is -2.02. The molecule has 0 aliphatic carbocycles. The van der Waals surface area contributed by atoms with Gasteiger partial charge < -0.3 is 0 Å². The second-order valence-electron chi connectivity index (χ2n) is 16.6. The van der Waals surface area contributed by atoms with Crippen molar-refractivity contribution < 1.29 is 0 Å².